The SMILES string of the molecule is CCNC(=O)C1(NC(=O)C2CCN(S(=O)(=O)c3cccnc3Cl)CC2)CCCCC1. The monoisotopic (exact) mass is 456 g/mol. The molecule has 8 nitrogen and oxygen atoms in total. The molecule has 2 heterocycles. The van der Waals surface area contributed by atoms with E-state index in [2.05, 4.69) is 15.6 Å². The molecular weight excluding hydrogens is 428 g/mol. The molecule has 0 bridgehead atoms. The van der Waals surface area contributed by atoms with E-state index < -0.39 is 15.6 Å². The molecule has 1 aromatic rings. The highest BCUT2D eigenvalue weighted by molar-refractivity contribution is 7.89. The number of halogens is 1. The largest absolute Gasteiger partial charge is 0.354 e. The second kappa shape index (κ2) is 9.62. The number of amides is 2. The molecule has 166 valence electrons. The number of sulfonamides is 1. The van der Waals surface area contributed by atoms with Crippen molar-refractivity contribution in [1.29, 1.82) is 0 Å². The Hall–Kier alpha value is -1.71. The van der Waals surface area contributed by atoms with Crippen molar-refractivity contribution in [2.45, 2.75) is 62.3 Å². The Morgan fingerprint density at radius 1 is 1.23 bits per heavy atom. The maximum atomic E-state index is 13.0. The lowest BCUT2D eigenvalue weighted by molar-refractivity contribution is -0.137. The van der Waals surface area contributed by atoms with Crippen molar-refractivity contribution in [3.63, 3.8) is 0 Å². The van der Waals surface area contributed by atoms with Crippen molar-refractivity contribution in [3.05, 3.63) is 23.5 Å². The molecular formula is C20H29ClN4O4S. The first-order chi connectivity index (χ1) is 14.3. The summed E-state index contributed by atoms with van der Waals surface area (Å²) in [5.74, 6) is -0.613. The number of nitrogens with zero attached hydrogens (tertiary/aromatic N) is 2. The van der Waals surface area contributed by atoms with E-state index in [4.69, 9.17) is 11.6 Å². The van der Waals surface area contributed by atoms with Gasteiger partial charge in [0.1, 0.15) is 15.6 Å². The molecule has 1 saturated carbocycles. The van der Waals surface area contributed by atoms with Crippen LogP contribution >= 0.6 is 11.6 Å². The van der Waals surface area contributed by atoms with Crippen molar-refractivity contribution >= 4 is 33.4 Å². The predicted octanol–water partition coefficient (Wildman–Crippen LogP) is 2.09. The van der Waals surface area contributed by atoms with Crippen LogP contribution in [0.5, 0.6) is 0 Å². The Morgan fingerprint density at radius 2 is 1.90 bits per heavy atom. The van der Waals surface area contributed by atoms with Gasteiger partial charge < -0.3 is 10.6 Å². The van der Waals surface area contributed by atoms with Crippen LogP contribution in [0.25, 0.3) is 0 Å². The number of aromatic nitrogens is 1. The van der Waals surface area contributed by atoms with E-state index in [9.17, 15) is 18.0 Å². The third-order valence-corrected chi connectivity index (χ3v) is 8.35. The summed E-state index contributed by atoms with van der Waals surface area (Å²) in [5.41, 5.74) is -0.849. The van der Waals surface area contributed by atoms with Gasteiger partial charge in [0.25, 0.3) is 0 Å². The van der Waals surface area contributed by atoms with E-state index in [0.717, 1.165) is 19.3 Å². The molecule has 2 aliphatic rings. The minimum atomic E-state index is -3.76. The number of pyridine rings is 1. The van der Waals surface area contributed by atoms with Crippen LogP contribution in [0.3, 0.4) is 0 Å². The minimum absolute atomic E-state index is 0.0213. The quantitative estimate of drug-likeness (QED) is 0.637. The van der Waals surface area contributed by atoms with Gasteiger partial charge in [0.05, 0.1) is 0 Å². The molecule has 30 heavy (non-hydrogen) atoms. The van der Waals surface area contributed by atoms with Crippen molar-refractivity contribution in [2.75, 3.05) is 19.6 Å². The predicted molar refractivity (Wildman–Crippen MR) is 113 cm³/mol. The van der Waals surface area contributed by atoms with Crippen LogP contribution in [0.4, 0.5) is 0 Å². The lowest BCUT2D eigenvalue weighted by Crippen LogP contribution is -2.61. The topological polar surface area (TPSA) is 108 Å². The molecule has 1 aliphatic carbocycles. The number of likely N-dealkylation sites (N-methyl/N-ethyl adjacent to an activating group) is 1. The average molecular weight is 457 g/mol. The van der Waals surface area contributed by atoms with Crippen LogP contribution < -0.4 is 10.6 Å². The van der Waals surface area contributed by atoms with Crippen LogP contribution in [0, 0.1) is 5.92 Å². The van der Waals surface area contributed by atoms with Crippen LogP contribution in [-0.4, -0.2) is 54.7 Å². The Balaban J connectivity index is 1.65. The van der Waals surface area contributed by atoms with Crippen LogP contribution in [0.2, 0.25) is 5.15 Å². The lowest BCUT2D eigenvalue weighted by Gasteiger charge is -2.38. The van der Waals surface area contributed by atoms with Gasteiger partial charge in [-0.25, -0.2) is 13.4 Å². The molecule has 0 atom stereocenters. The highest BCUT2D eigenvalue weighted by Crippen LogP contribution is 2.31. The highest BCUT2D eigenvalue weighted by Gasteiger charge is 2.42. The zero-order valence-electron chi connectivity index (χ0n) is 17.2. The van der Waals surface area contributed by atoms with Gasteiger partial charge in [-0.15, -0.1) is 0 Å². The fourth-order valence-corrected chi connectivity index (χ4v) is 6.19. The number of carbonyl (C=O) groups excluding carboxylic acids is 2. The number of carbonyl (C=O) groups is 2. The Bertz CT molecular complexity index is 879. The van der Waals surface area contributed by atoms with E-state index in [1.165, 1.54) is 22.6 Å². The highest BCUT2D eigenvalue weighted by atomic mass is 35.5. The maximum absolute atomic E-state index is 13.0. The van der Waals surface area contributed by atoms with Gasteiger partial charge in [0, 0.05) is 31.7 Å². The van der Waals surface area contributed by atoms with Gasteiger partial charge in [-0.1, -0.05) is 30.9 Å². The smallest absolute Gasteiger partial charge is 0.246 e. The second-order valence-electron chi connectivity index (χ2n) is 7.96. The number of rotatable bonds is 6. The summed E-state index contributed by atoms with van der Waals surface area (Å²) in [6.45, 7) is 2.82. The van der Waals surface area contributed by atoms with E-state index in [1.54, 1.807) is 0 Å². The zero-order chi connectivity index (χ0) is 21.8. The molecule has 10 heteroatoms. The first kappa shape index (κ1) is 23.0. The summed E-state index contributed by atoms with van der Waals surface area (Å²) < 4.78 is 27.1. The first-order valence-electron chi connectivity index (χ1n) is 10.5. The van der Waals surface area contributed by atoms with E-state index in [1.807, 2.05) is 6.92 Å². The van der Waals surface area contributed by atoms with Gasteiger partial charge in [0.2, 0.25) is 21.8 Å². The van der Waals surface area contributed by atoms with Crippen molar-refractivity contribution in [3.8, 4) is 0 Å². The van der Waals surface area contributed by atoms with Crippen molar-refractivity contribution in [2.24, 2.45) is 5.92 Å². The number of hydrogen-bond donors (Lipinski definition) is 2. The molecule has 1 aliphatic heterocycles. The molecule has 2 N–H and O–H groups in total. The van der Waals surface area contributed by atoms with E-state index in [-0.39, 0.29) is 40.9 Å². The number of nitrogens with one attached hydrogen (secondary N) is 2. The summed E-state index contributed by atoms with van der Waals surface area (Å²) in [6.07, 6.45) is 6.37. The van der Waals surface area contributed by atoms with E-state index >= 15 is 0 Å². The van der Waals surface area contributed by atoms with Crippen LogP contribution in [0.1, 0.15) is 51.9 Å². The first-order valence-corrected chi connectivity index (χ1v) is 12.3. The van der Waals surface area contributed by atoms with Gasteiger partial charge in [-0.05, 0) is 44.7 Å². The normalized spacial score (nSPS) is 20.5. The average Bonchev–Trinajstić information content (AvgIpc) is 2.75. The molecule has 2 amide bonds. The summed E-state index contributed by atoms with van der Waals surface area (Å²) >= 11 is 5.97. The fraction of sp³-hybridized carbons (Fsp3) is 0.650. The minimum Gasteiger partial charge on any atom is -0.354 e. The molecule has 0 unspecified atom stereocenters. The summed E-state index contributed by atoms with van der Waals surface area (Å²) in [7, 11) is -3.76. The Kier molecular flexibility index (Phi) is 7.36. The van der Waals surface area contributed by atoms with Crippen molar-refractivity contribution in [1.82, 2.24) is 19.9 Å². The second-order valence-corrected chi connectivity index (χ2v) is 10.2. The van der Waals surface area contributed by atoms with Crippen LogP contribution in [0.15, 0.2) is 23.2 Å². The molecule has 1 aromatic heterocycles. The number of hydrogen-bond acceptors (Lipinski definition) is 5. The third kappa shape index (κ3) is 4.78. The zero-order valence-corrected chi connectivity index (χ0v) is 18.8. The van der Waals surface area contributed by atoms with Crippen molar-refractivity contribution < 1.29 is 18.0 Å². The molecule has 0 aromatic carbocycles. The standard InChI is InChI=1S/C20H29ClN4O4S/c1-2-22-19(27)20(10-4-3-5-11-20)24-18(26)15-8-13-25(14-9-15)30(28,29)16-7-6-12-23-17(16)21/h6-7,12,15H,2-5,8-11,13-14H2,1H3,(H,22,27)(H,24,26). The molecule has 0 radical (unpaired) electrons. The number of piperidine rings is 1. The fourth-order valence-electron chi connectivity index (χ4n) is 4.29. The van der Waals surface area contributed by atoms with Gasteiger partial charge in [0.15, 0.2) is 0 Å². The molecule has 3 rings (SSSR count). The summed E-state index contributed by atoms with van der Waals surface area (Å²) in [6, 6.07) is 2.96. The third-order valence-electron chi connectivity index (χ3n) is 6.01. The molecule has 1 saturated heterocycles. The Morgan fingerprint density at radius 3 is 2.50 bits per heavy atom. The Labute approximate surface area is 182 Å². The molecule has 2 fully saturated rings. The van der Waals surface area contributed by atoms with Crippen LogP contribution in [-0.2, 0) is 19.6 Å². The van der Waals surface area contributed by atoms with Gasteiger partial charge in [-0.2, -0.15) is 4.31 Å². The van der Waals surface area contributed by atoms with Gasteiger partial charge in [-0.3, -0.25) is 9.59 Å². The molecule has 0 spiro atoms. The van der Waals surface area contributed by atoms with E-state index in [0.29, 0.717) is 32.2 Å². The summed E-state index contributed by atoms with van der Waals surface area (Å²) in [4.78, 5) is 29.5. The maximum Gasteiger partial charge on any atom is 0.246 e. The lowest BCUT2D eigenvalue weighted by atomic mass is 9.80. The van der Waals surface area contributed by atoms with Gasteiger partial charge >= 0.3 is 0 Å². The summed E-state index contributed by atoms with van der Waals surface area (Å²) in [5, 5.41) is 5.83.